The predicted octanol–water partition coefficient (Wildman–Crippen LogP) is 3.59. The van der Waals surface area contributed by atoms with Gasteiger partial charge in [0.25, 0.3) is 5.69 Å². The van der Waals surface area contributed by atoms with Gasteiger partial charge in [0.1, 0.15) is 0 Å². The molecule has 1 aromatic carbocycles. The van der Waals surface area contributed by atoms with Crippen molar-refractivity contribution in [2.75, 3.05) is 32.5 Å². The number of carbonyl (C=O) groups excluding carboxylic acids is 1. The highest BCUT2D eigenvalue weighted by atomic mass is 35.5. The molecule has 0 bridgehead atoms. The molecule has 1 aliphatic heterocycles. The third-order valence-electron chi connectivity index (χ3n) is 4.20. The monoisotopic (exact) mass is 354 g/mol. The number of non-ortho nitro benzene ring substituents is 1. The number of carbonyl (C=O) groups is 1. The van der Waals surface area contributed by atoms with E-state index >= 15 is 0 Å². The Kier molecular flexibility index (Phi) is 6.39. The van der Waals surface area contributed by atoms with Crippen molar-refractivity contribution in [3.8, 4) is 0 Å². The minimum absolute atomic E-state index is 0.0974. The molecular formula is C16H23ClN4O3. The van der Waals surface area contributed by atoms with Crippen molar-refractivity contribution in [3.05, 3.63) is 33.3 Å². The number of nitrogens with one attached hydrogen (secondary N) is 1. The molecule has 0 saturated carbocycles. The number of nitro benzene ring substituents is 1. The highest BCUT2D eigenvalue weighted by Gasteiger charge is 2.27. The molecule has 1 fully saturated rings. The van der Waals surface area contributed by atoms with Gasteiger partial charge in [-0.25, -0.2) is 4.79 Å². The van der Waals surface area contributed by atoms with E-state index in [1.165, 1.54) is 18.2 Å². The maximum absolute atomic E-state index is 12.6. The van der Waals surface area contributed by atoms with Gasteiger partial charge in [-0.05, 0) is 52.4 Å². The van der Waals surface area contributed by atoms with Crippen LogP contribution in [0.1, 0.15) is 25.7 Å². The van der Waals surface area contributed by atoms with E-state index in [-0.39, 0.29) is 22.8 Å². The summed E-state index contributed by atoms with van der Waals surface area (Å²) in [6.45, 7) is 1.64. The normalized spacial score (nSPS) is 17.8. The molecule has 8 heteroatoms. The fourth-order valence-electron chi connectivity index (χ4n) is 2.88. The van der Waals surface area contributed by atoms with Crippen molar-refractivity contribution in [2.45, 2.75) is 31.7 Å². The fraction of sp³-hybridized carbons (Fsp3) is 0.562. The lowest BCUT2D eigenvalue weighted by Gasteiger charge is -2.36. The third kappa shape index (κ3) is 4.82. The van der Waals surface area contributed by atoms with Crippen molar-refractivity contribution in [2.24, 2.45) is 0 Å². The molecule has 7 nitrogen and oxygen atoms in total. The molecule has 2 rings (SSSR count). The molecule has 0 aromatic heterocycles. The Balaban J connectivity index is 2.05. The largest absolute Gasteiger partial charge is 0.322 e. The lowest BCUT2D eigenvalue weighted by atomic mass is 9.99. The highest BCUT2D eigenvalue weighted by Crippen LogP contribution is 2.28. The first kappa shape index (κ1) is 18.5. The smallest absolute Gasteiger partial charge is 0.322 e. The van der Waals surface area contributed by atoms with Crippen LogP contribution in [0.3, 0.4) is 0 Å². The van der Waals surface area contributed by atoms with Crippen molar-refractivity contribution in [1.29, 1.82) is 0 Å². The van der Waals surface area contributed by atoms with Gasteiger partial charge in [0.2, 0.25) is 0 Å². The average molecular weight is 355 g/mol. The van der Waals surface area contributed by atoms with Gasteiger partial charge in [0.15, 0.2) is 0 Å². The van der Waals surface area contributed by atoms with Crippen LogP contribution < -0.4 is 5.32 Å². The molecule has 1 saturated heterocycles. The molecule has 1 aliphatic rings. The zero-order valence-corrected chi connectivity index (χ0v) is 14.8. The van der Waals surface area contributed by atoms with Crippen LogP contribution in [-0.4, -0.2) is 54.0 Å². The zero-order valence-electron chi connectivity index (χ0n) is 14.0. The van der Waals surface area contributed by atoms with Crippen molar-refractivity contribution < 1.29 is 9.72 Å². The van der Waals surface area contributed by atoms with Gasteiger partial charge in [-0.2, -0.15) is 0 Å². The number of halogens is 1. The lowest BCUT2D eigenvalue weighted by molar-refractivity contribution is -0.384. The Bertz CT molecular complexity index is 609. The number of nitrogens with zero attached hydrogens (tertiary/aromatic N) is 3. The molecule has 0 spiro atoms. The number of benzene rings is 1. The number of likely N-dealkylation sites (tertiary alicyclic amines) is 1. The van der Waals surface area contributed by atoms with E-state index in [1.807, 2.05) is 19.0 Å². The molecular weight excluding hydrogens is 332 g/mol. The van der Waals surface area contributed by atoms with Gasteiger partial charge >= 0.3 is 6.03 Å². The lowest BCUT2D eigenvalue weighted by Crippen LogP contribution is -2.46. The van der Waals surface area contributed by atoms with E-state index in [4.69, 9.17) is 11.6 Å². The van der Waals surface area contributed by atoms with Gasteiger partial charge < -0.3 is 15.1 Å². The molecule has 1 heterocycles. The predicted molar refractivity (Wildman–Crippen MR) is 94.6 cm³/mol. The summed E-state index contributed by atoms with van der Waals surface area (Å²) in [6.07, 6.45) is 4.03. The number of amides is 2. The number of rotatable bonds is 5. The second kappa shape index (κ2) is 8.30. The number of nitro groups is 1. The first-order valence-corrected chi connectivity index (χ1v) is 8.42. The second-order valence-electron chi connectivity index (χ2n) is 6.29. The summed E-state index contributed by atoms with van der Waals surface area (Å²) in [5, 5.41) is 13.7. The summed E-state index contributed by atoms with van der Waals surface area (Å²) >= 11 is 6.05. The number of piperidine rings is 1. The van der Waals surface area contributed by atoms with E-state index < -0.39 is 4.92 Å². The van der Waals surface area contributed by atoms with E-state index in [9.17, 15) is 14.9 Å². The van der Waals surface area contributed by atoms with Gasteiger partial charge in [-0.1, -0.05) is 11.6 Å². The molecule has 1 N–H and O–H groups in total. The SMILES string of the molecule is CN(C)CC[C@H]1CCCCN1C(=O)Nc1ccc([N+](=O)[O-])cc1Cl. The van der Waals surface area contributed by atoms with Gasteiger partial charge in [0.05, 0.1) is 15.6 Å². The number of urea groups is 1. The first-order valence-electron chi connectivity index (χ1n) is 8.05. The molecule has 0 radical (unpaired) electrons. The summed E-state index contributed by atoms with van der Waals surface area (Å²) in [6, 6.07) is 4.06. The second-order valence-corrected chi connectivity index (χ2v) is 6.69. The van der Waals surface area contributed by atoms with Crippen molar-refractivity contribution >= 4 is 29.0 Å². The van der Waals surface area contributed by atoms with Gasteiger partial charge in [-0.3, -0.25) is 10.1 Å². The summed E-state index contributed by atoms with van der Waals surface area (Å²) in [5.74, 6) is 0. The summed E-state index contributed by atoms with van der Waals surface area (Å²) in [7, 11) is 4.04. The van der Waals surface area contributed by atoms with Gasteiger partial charge in [0, 0.05) is 24.7 Å². The Morgan fingerprint density at radius 3 is 2.83 bits per heavy atom. The van der Waals surface area contributed by atoms with Crippen LogP contribution in [0.5, 0.6) is 0 Å². The summed E-state index contributed by atoms with van der Waals surface area (Å²) in [4.78, 5) is 26.8. The first-order chi connectivity index (χ1) is 11.4. The Labute approximate surface area is 146 Å². The number of hydrogen-bond acceptors (Lipinski definition) is 4. The van der Waals surface area contributed by atoms with Crippen LogP contribution in [0.25, 0.3) is 0 Å². The highest BCUT2D eigenvalue weighted by molar-refractivity contribution is 6.33. The van der Waals surface area contributed by atoms with Crippen molar-refractivity contribution in [3.63, 3.8) is 0 Å². The Morgan fingerprint density at radius 1 is 1.46 bits per heavy atom. The van der Waals surface area contributed by atoms with E-state index in [2.05, 4.69) is 10.2 Å². The molecule has 132 valence electrons. The average Bonchev–Trinajstić information content (AvgIpc) is 2.54. The maximum Gasteiger partial charge on any atom is 0.322 e. The molecule has 0 aliphatic carbocycles. The standard InChI is InChI=1S/C16H23ClN4O3/c1-19(2)10-8-12-5-3-4-9-20(12)16(22)18-15-7-6-13(21(23)24)11-14(15)17/h6-7,11-12H,3-5,8-10H2,1-2H3,(H,18,22)/t12-/m1/s1. The van der Waals surface area contributed by atoms with Crippen LogP contribution in [0.2, 0.25) is 5.02 Å². The van der Waals surface area contributed by atoms with E-state index in [1.54, 1.807) is 0 Å². The van der Waals surface area contributed by atoms with E-state index in [0.717, 1.165) is 32.2 Å². The van der Waals surface area contributed by atoms with E-state index in [0.29, 0.717) is 12.2 Å². The minimum atomic E-state index is -0.514. The fourth-order valence-corrected chi connectivity index (χ4v) is 3.10. The van der Waals surface area contributed by atoms with Crippen LogP contribution in [-0.2, 0) is 0 Å². The summed E-state index contributed by atoms with van der Waals surface area (Å²) in [5.41, 5.74) is 0.295. The zero-order chi connectivity index (χ0) is 17.7. The molecule has 2 amide bonds. The Morgan fingerprint density at radius 2 is 2.21 bits per heavy atom. The van der Waals surface area contributed by atoms with Crippen LogP contribution in [0.15, 0.2) is 18.2 Å². The molecule has 24 heavy (non-hydrogen) atoms. The molecule has 1 atom stereocenters. The molecule has 0 unspecified atom stereocenters. The third-order valence-corrected chi connectivity index (χ3v) is 4.52. The maximum atomic E-state index is 12.6. The van der Waals surface area contributed by atoms with Crippen LogP contribution >= 0.6 is 11.6 Å². The Hall–Kier alpha value is -1.86. The van der Waals surface area contributed by atoms with Crippen LogP contribution in [0.4, 0.5) is 16.2 Å². The quantitative estimate of drug-likeness (QED) is 0.647. The van der Waals surface area contributed by atoms with Crippen molar-refractivity contribution in [1.82, 2.24) is 9.80 Å². The van der Waals surface area contributed by atoms with Gasteiger partial charge in [-0.15, -0.1) is 0 Å². The summed E-state index contributed by atoms with van der Waals surface area (Å²) < 4.78 is 0. The number of anilines is 1. The number of hydrogen-bond donors (Lipinski definition) is 1. The van der Waals surface area contributed by atoms with Crippen LogP contribution in [0, 0.1) is 10.1 Å². The topological polar surface area (TPSA) is 78.7 Å². The molecule has 1 aromatic rings. The minimum Gasteiger partial charge on any atom is -0.322 e.